The molecule has 2 aliphatic rings. The Balaban J connectivity index is 2.09. The second-order valence-electron chi connectivity index (χ2n) is 4.68. The van der Waals surface area contributed by atoms with Crippen LogP contribution in [0.1, 0.15) is 12.8 Å². The minimum absolute atomic E-state index is 0.203. The van der Waals surface area contributed by atoms with Gasteiger partial charge in [-0.2, -0.15) is 5.06 Å². The van der Waals surface area contributed by atoms with Gasteiger partial charge in [0.1, 0.15) is 5.92 Å². The lowest BCUT2D eigenvalue weighted by molar-refractivity contribution is -0.150. The van der Waals surface area contributed by atoms with Crippen molar-refractivity contribution < 1.29 is 23.9 Å². The number of ether oxygens (including phenoxy) is 2. The van der Waals surface area contributed by atoms with Gasteiger partial charge in [0.25, 0.3) is 0 Å². The number of carbonyl (C=O) groups is 2. The Kier molecular flexibility index (Phi) is 4.92. The zero-order valence-corrected chi connectivity index (χ0v) is 11.7. The molecule has 6 nitrogen and oxygen atoms in total. The fraction of sp³-hybridized carbons (Fsp3) is 0.571. The molecular weight excluding hydrogens is 262 g/mol. The van der Waals surface area contributed by atoms with E-state index in [4.69, 9.17) is 9.57 Å². The van der Waals surface area contributed by atoms with E-state index in [1.54, 1.807) is 5.06 Å². The molecule has 1 aliphatic heterocycles. The molecule has 0 unspecified atom stereocenters. The zero-order valence-electron chi connectivity index (χ0n) is 11.7. The van der Waals surface area contributed by atoms with Crippen LogP contribution in [-0.4, -0.2) is 50.4 Å². The Labute approximate surface area is 117 Å². The Morgan fingerprint density at radius 3 is 2.80 bits per heavy atom. The van der Waals surface area contributed by atoms with Gasteiger partial charge < -0.3 is 9.47 Å². The van der Waals surface area contributed by atoms with Gasteiger partial charge in [0.2, 0.25) is 0 Å². The molecule has 1 aliphatic carbocycles. The van der Waals surface area contributed by atoms with Gasteiger partial charge in [-0.25, -0.2) is 0 Å². The molecule has 0 aromatic rings. The van der Waals surface area contributed by atoms with E-state index in [0.717, 1.165) is 12.0 Å². The van der Waals surface area contributed by atoms with Crippen molar-refractivity contribution in [2.24, 2.45) is 5.92 Å². The standard InChI is InChI=1S/C14H19NO5/c1-18-12(16)7-8-15-13(10-5-3-4-6-10)11(9-20-15)14(17)19-2/h3,5-6,11,13H,4,7-9H2,1-2H3/t11-,13-/m1/s1. The van der Waals surface area contributed by atoms with Crippen molar-refractivity contribution in [1.82, 2.24) is 5.06 Å². The monoisotopic (exact) mass is 281 g/mol. The molecule has 2 rings (SSSR count). The van der Waals surface area contributed by atoms with Gasteiger partial charge in [-0.05, 0) is 12.0 Å². The fourth-order valence-corrected chi connectivity index (χ4v) is 2.50. The van der Waals surface area contributed by atoms with Gasteiger partial charge in [-0.1, -0.05) is 18.2 Å². The minimum Gasteiger partial charge on any atom is -0.469 e. The van der Waals surface area contributed by atoms with Gasteiger partial charge in [0.15, 0.2) is 0 Å². The summed E-state index contributed by atoms with van der Waals surface area (Å²) in [6, 6.07) is -0.203. The molecule has 110 valence electrons. The SMILES string of the molecule is COC(=O)CCN1OC[C@@H](C(=O)OC)[C@H]1C1=CCC=C1. The van der Waals surface area contributed by atoms with Crippen LogP contribution in [0, 0.1) is 5.92 Å². The van der Waals surface area contributed by atoms with Crippen molar-refractivity contribution >= 4 is 11.9 Å². The van der Waals surface area contributed by atoms with Crippen molar-refractivity contribution in [1.29, 1.82) is 0 Å². The van der Waals surface area contributed by atoms with Crippen LogP contribution >= 0.6 is 0 Å². The lowest BCUT2D eigenvalue weighted by atomic mass is 9.94. The maximum Gasteiger partial charge on any atom is 0.313 e. The highest BCUT2D eigenvalue weighted by molar-refractivity contribution is 5.74. The van der Waals surface area contributed by atoms with E-state index in [1.807, 2.05) is 12.2 Å². The van der Waals surface area contributed by atoms with Crippen LogP contribution in [0.3, 0.4) is 0 Å². The highest BCUT2D eigenvalue weighted by atomic mass is 16.7. The van der Waals surface area contributed by atoms with Gasteiger partial charge in [0.05, 0.1) is 33.3 Å². The van der Waals surface area contributed by atoms with Crippen LogP contribution in [0.25, 0.3) is 0 Å². The number of nitrogens with zero attached hydrogens (tertiary/aromatic N) is 1. The largest absolute Gasteiger partial charge is 0.469 e. The first kappa shape index (κ1) is 14.7. The van der Waals surface area contributed by atoms with Gasteiger partial charge in [-0.15, -0.1) is 0 Å². The molecule has 0 bridgehead atoms. The summed E-state index contributed by atoms with van der Waals surface area (Å²) in [5.41, 5.74) is 1.03. The van der Waals surface area contributed by atoms with Crippen molar-refractivity contribution in [2.75, 3.05) is 27.4 Å². The Hall–Kier alpha value is -1.66. The lowest BCUT2D eigenvalue weighted by Gasteiger charge is -2.24. The predicted octanol–water partition coefficient (Wildman–Crippen LogP) is 0.841. The van der Waals surface area contributed by atoms with Gasteiger partial charge >= 0.3 is 11.9 Å². The van der Waals surface area contributed by atoms with E-state index in [2.05, 4.69) is 10.8 Å². The summed E-state index contributed by atoms with van der Waals surface area (Å²) in [6.07, 6.45) is 7.14. The molecule has 0 aromatic heterocycles. The average molecular weight is 281 g/mol. The number of hydroxylamine groups is 2. The van der Waals surface area contributed by atoms with E-state index in [9.17, 15) is 9.59 Å². The minimum atomic E-state index is -0.369. The summed E-state index contributed by atoms with van der Waals surface area (Å²) >= 11 is 0. The van der Waals surface area contributed by atoms with Gasteiger partial charge in [-0.3, -0.25) is 14.4 Å². The molecule has 0 saturated carbocycles. The molecular formula is C14H19NO5. The Morgan fingerprint density at radius 2 is 2.20 bits per heavy atom. The summed E-state index contributed by atoms with van der Waals surface area (Å²) < 4.78 is 9.46. The van der Waals surface area contributed by atoms with Crippen molar-refractivity contribution in [3.8, 4) is 0 Å². The van der Waals surface area contributed by atoms with Crippen molar-refractivity contribution in [2.45, 2.75) is 18.9 Å². The molecule has 0 N–H and O–H groups in total. The van der Waals surface area contributed by atoms with E-state index in [1.165, 1.54) is 14.2 Å². The summed E-state index contributed by atoms with van der Waals surface area (Å²) in [5.74, 6) is -0.965. The van der Waals surface area contributed by atoms with E-state index in [0.29, 0.717) is 6.54 Å². The second kappa shape index (κ2) is 6.67. The van der Waals surface area contributed by atoms with Crippen LogP contribution in [0.5, 0.6) is 0 Å². The van der Waals surface area contributed by atoms with Crippen molar-refractivity contribution in [3.05, 3.63) is 23.8 Å². The van der Waals surface area contributed by atoms with Gasteiger partial charge in [0, 0.05) is 6.54 Å². The molecule has 0 aromatic carbocycles. The van der Waals surface area contributed by atoms with E-state index in [-0.39, 0.29) is 36.9 Å². The van der Waals surface area contributed by atoms with E-state index >= 15 is 0 Å². The highest BCUT2D eigenvalue weighted by Crippen LogP contribution is 2.31. The normalized spacial score (nSPS) is 25.6. The molecule has 1 saturated heterocycles. The molecule has 20 heavy (non-hydrogen) atoms. The van der Waals surface area contributed by atoms with Crippen LogP contribution in [0.15, 0.2) is 23.8 Å². The topological polar surface area (TPSA) is 65.1 Å². The third-order valence-electron chi connectivity index (χ3n) is 3.52. The third-order valence-corrected chi connectivity index (χ3v) is 3.52. The third kappa shape index (κ3) is 3.08. The number of esters is 2. The summed E-state index contributed by atoms with van der Waals surface area (Å²) in [5, 5.41) is 1.68. The Morgan fingerprint density at radius 1 is 1.40 bits per heavy atom. The maximum atomic E-state index is 11.8. The number of methoxy groups -OCH3 is 2. The molecule has 0 radical (unpaired) electrons. The first-order valence-corrected chi connectivity index (χ1v) is 6.58. The van der Waals surface area contributed by atoms with Crippen LogP contribution in [-0.2, 0) is 23.9 Å². The Bertz CT molecular complexity index is 443. The summed E-state index contributed by atoms with van der Waals surface area (Å²) in [4.78, 5) is 28.7. The highest BCUT2D eigenvalue weighted by Gasteiger charge is 2.42. The molecule has 0 amide bonds. The number of rotatable bonds is 5. The number of hydrogen-bond acceptors (Lipinski definition) is 6. The summed E-state index contributed by atoms with van der Waals surface area (Å²) in [6.45, 7) is 0.652. The number of hydrogen-bond donors (Lipinski definition) is 0. The second-order valence-corrected chi connectivity index (χ2v) is 4.68. The average Bonchev–Trinajstić information content (AvgIpc) is 3.12. The quantitative estimate of drug-likeness (QED) is 0.696. The first-order chi connectivity index (χ1) is 9.67. The van der Waals surface area contributed by atoms with Crippen LogP contribution in [0.2, 0.25) is 0 Å². The molecule has 1 fully saturated rings. The lowest BCUT2D eigenvalue weighted by Crippen LogP contribution is -2.38. The fourth-order valence-electron chi connectivity index (χ4n) is 2.50. The predicted molar refractivity (Wildman–Crippen MR) is 70.4 cm³/mol. The molecule has 1 heterocycles. The maximum absolute atomic E-state index is 11.8. The first-order valence-electron chi connectivity index (χ1n) is 6.58. The summed E-state index contributed by atoms with van der Waals surface area (Å²) in [7, 11) is 2.72. The molecule has 2 atom stereocenters. The van der Waals surface area contributed by atoms with Crippen LogP contribution < -0.4 is 0 Å². The zero-order chi connectivity index (χ0) is 14.5. The van der Waals surface area contributed by atoms with E-state index < -0.39 is 0 Å². The number of carbonyl (C=O) groups excluding carboxylic acids is 2. The number of allylic oxidation sites excluding steroid dienone is 2. The molecule has 6 heteroatoms. The van der Waals surface area contributed by atoms with Crippen LogP contribution in [0.4, 0.5) is 0 Å². The molecule has 0 spiro atoms. The van der Waals surface area contributed by atoms with Crippen molar-refractivity contribution in [3.63, 3.8) is 0 Å². The smallest absolute Gasteiger partial charge is 0.313 e.